The SMILES string of the molecule is Oc1cccc(-c2cnc3cnc(-c4ccco4)cn23)c1. The summed E-state index contributed by atoms with van der Waals surface area (Å²) in [7, 11) is 0. The van der Waals surface area contributed by atoms with E-state index in [1.807, 2.05) is 28.8 Å². The summed E-state index contributed by atoms with van der Waals surface area (Å²) >= 11 is 0. The summed E-state index contributed by atoms with van der Waals surface area (Å²) < 4.78 is 7.30. The van der Waals surface area contributed by atoms with Gasteiger partial charge in [0.15, 0.2) is 11.4 Å². The van der Waals surface area contributed by atoms with Crippen molar-refractivity contribution in [3.8, 4) is 28.5 Å². The number of imidazole rings is 1. The lowest BCUT2D eigenvalue weighted by Gasteiger charge is -2.04. The summed E-state index contributed by atoms with van der Waals surface area (Å²) in [5.74, 6) is 0.926. The first kappa shape index (κ1) is 11.7. The quantitative estimate of drug-likeness (QED) is 0.610. The van der Waals surface area contributed by atoms with Crippen molar-refractivity contribution in [1.29, 1.82) is 0 Å². The largest absolute Gasteiger partial charge is 0.508 e. The Bertz CT molecular complexity index is 910. The molecular formula is C16H11N3O2. The maximum absolute atomic E-state index is 9.63. The van der Waals surface area contributed by atoms with Gasteiger partial charge in [-0.15, -0.1) is 0 Å². The van der Waals surface area contributed by atoms with E-state index in [1.165, 1.54) is 0 Å². The molecule has 102 valence electrons. The van der Waals surface area contributed by atoms with Gasteiger partial charge in [0.1, 0.15) is 11.4 Å². The van der Waals surface area contributed by atoms with Crippen molar-refractivity contribution in [2.45, 2.75) is 0 Å². The molecular weight excluding hydrogens is 266 g/mol. The van der Waals surface area contributed by atoms with Crippen LogP contribution in [0.1, 0.15) is 0 Å². The number of nitrogens with zero attached hydrogens (tertiary/aromatic N) is 3. The molecule has 0 saturated carbocycles. The molecule has 0 radical (unpaired) electrons. The van der Waals surface area contributed by atoms with Crippen LogP contribution in [0, 0.1) is 0 Å². The molecule has 3 aromatic heterocycles. The molecule has 0 bridgehead atoms. The lowest BCUT2D eigenvalue weighted by Crippen LogP contribution is -1.92. The Morgan fingerprint density at radius 3 is 2.81 bits per heavy atom. The average molecular weight is 277 g/mol. The average Bonchev–Trinajstić information content (AvgIpc) is 3.16. The van der Waals surface area contributed by atoms with E-state index in [-0.39, 0.29) is 5.75 Å². The Morgan fingerprint density at radius 1 is 1.05 bits per heavy atom. The van der Waals surface area contributed by atoms with Crippen molar-refractivity contribution < 1.29 is 9.52 Å². The summed E-state index contributed by atoms with van der Waals surface area (Å²) in [5, 5.41) is 9.63. The number of rotatable bonds is 2. The zero-order valence-corrected chi connectivity index (χ0v) is 11.0. The number of hydrogen-bond acceptors (Lipinski definition) is 4. The van der Waals surface area contributed by atoms with Gasteiger partial charge in [-0.1, -0.05) is 12.1 Å². The third-order valence-corrected chi connectivity index (χ3v) is 3.31. The van der Waals surface area contributed by atoms with Gasteiger partial charge in [-0.3, -0.25) is 4.40 Å². The number of benzene rings is 1. The van der Waals surface area contributed by atoms with E-state index in [9.17, 15) is 5.11 Å². The van der Waals surface area contributed by atoms with Crippen molar-refractivity contribution in [2.75, 3.05) is 0 Å². The molecule has 5 nitrogen and oxygen atoms in total. The van der Waals surface area contributed by atoms with Gasteiger partial charge >= 0.3 is 0 Å². The standard InChI is InChI=1S/C16H11N3O2/c20-12-4-1-3-11(7-12)14-8-18-16-9-17-13(10-19(14)16)15-5-2-6-21-15/h1-10,20H. The number of furan rings is 1. The molecule has 5 heteroatoms. The second-order valence-corrected chi connectivity index (χ2v) is 4.67. The lowest BCUT2D eigenvalue weighted by molar-refractivity contribution is 0.475. The van der Waals surface area contributed by atoms with Crippen LogP contribution in [0.2, 0.25) is 0 Å². The van der Waals surface area contributed by atoms with Crippen LogP contribution >= 0.6 is 0 Å². The molecule has 0 aliphatic rings. The van der Waals surface area contributed by atoms with Crippen molar-refractivity contribution >= 4 is 5.65 Å². The third-order valence-electron chi connectivity index (χ3n) is 3.31. The number of fused-ring (bicyclic) bond motifs is 1. The van der Waals surface area contributed by atoms with Crippen LogP contribution < -0.4 is 0 Å². The molecule has 4 rings (SSSR count). The Kier molecular flexibility index (Phi) is 2.50. The molecule has 21 heavy (non-hydrogen) atoms. The number of phenols is 1. The monoisotopic (exact) mass is 277 g/mol. The van der Waals surface area contributed by atoms with Gasteiger partial charge in [0, 0.05) is 11.8 Å². The summed E-state index contributed by atoms with van der Waals surface area (Å²) in [6.07, 6.45) is 6.95. The molecule has 0 aliphatic carbocycles. The highest BCUT2D eigenvalue weighted by Crippen LogP contribution is 2.25. The van der Waals surface area contributed by atoms with Crippen LogP contribution in [0.15, 0.2) is 65.7 Å². The van der Waals surface area contributed by atoms with Crippen LogP contribution in [-0.4, -0.2) is 19.5 Å². The molecule has 0 spiro atoms. The Hall–Kier alpha value is -3.08. The van der Waals surface area contributed by atoms with E-state index in [4.69, 9.17) is 4.42 Å². The smallest absolute Gasteiger partial charge is 0.155 e. The van der Waals surface area contributed by atoms with E-state index in [1.54, 1.807) is 36.9 Å². The fourth-order valence-corrected chi connectivity index (χ4v) is 2.32. The first-order chi connectivity index (χ1) is 10.3. The van der Waals surface area contributed by atoms with Gasteiger partial charge < -0.3 is 9.52 Å². The second kappa shape index (κ2) is 4.49. The van der Waals surface area contributed by atoms with Crippen LogP contribution in [0.4, 0.5) is 0 Å². The van der Waals surface area contributed by atoms with E-state index in [0.29, 0.717) is 5.76 Å². The van der Waals surface area contributed by atoms with Crippen molar-refractivity contribution in [2.24, 2.45) is 0 Å². The molecule has 1 aromatic carbocycles. The van der Waals surface area contributed by atoms with Gasteiger partial charge in [0.2, 0.25) is 0 Å². The van der Waals surface area contributed by atoms with Gasteiger partial charge in [-0.05, 0) is 24.3 Å². The molecule has 0 saturated heterocycles. The van der Waals surface area contributed by atoms with E-state index < -0.39 is 0 Å². The molecule has 4 aromatic rings. The molecule has 0 atom stereocenters. The van der Waals surface area contributed by atoms with Crippen molar-refractivity contribution in [3.63, 3.8) is 0 Å². The first-order valence-electron chi connectivity index (χ1n) is 6.48. The van der Waals surface area contributed by atoms with E-state index in [0.717, 1.165) is 22.6 Å². The third kappa shape index (κ3) is 1.95. The predicted octanol–water partition coefficient (Wildman–Crippen LogP) is 3.36. The molecule has 0 amide bonds. The number of aromatic nitrogens is 3. The van der Waals surface area contributed by atoms with Gasteiger partial charge in [0.25, 0.3) is 0 Å². The van der Waals surface area contributed by atoms with Crippen LogP contribution in [0.5, 0.6) is 5.75 Å². The zero-order valence-electron chi connectivity index (χ0n) is 11.0. The Balaban J connectivity index is 1.92. The maximum atomic E-state index is 9.63. The van der Waals surface area contributed by atoms with Crippen LogP contribution in [0.3, 0.4) is 0 Å². The fourth-order valence-electron chi connectivity index (χ4n) is 2.32. The molecule has 0 aliphatic heterocycles. The highest BCUT2D eigenvalue weighted by molar-refractivity contribution is 5.66. The van der Waals surface area contributed by atoms with Crippen LogP contribution in [0.25, 0.3) is 28.4 Å². The molecule has 3 heterocycles. The van der Waals surface area contributed by atoms with Gasteiger partial charge in [-0.2, -0.15) is 0 Å². The summed E-state index contributed by atoms with van der Waals surface area (Å²) in [6, 6.07) is 10.8. The second-order valence-electron chi connectivity index (χ2n) is 4.67. The van der Waals surface area contributed by atoms with Gasteiger partial charge in [-0.25, -0.2) is 9.97 Å². The molecule has 1 N–H and O–H groups in total. The van der Waals surface area contributed by atoms with Gasteiger partial charge in [0.05, 0.1) is 24.4 Å². The molecule has 0 unspecified atom stereocenters. The molecule has 0 fully saturated rings. The van der Waals surface area contributed by atoms with Crippen molar-refractivity contribution in [1.82, 2.24) is 14.4 Å². The summed E-state index contributed by atoms with van der Waals surface area (Å²) in [4.78, 5) is 8.68. The Labute approximate surface area is 120 Å². The summed E-state index contributed by atoms with van der Waals surface area (Å²) in [5.41, 5.74) is 3.24. The topological polar surface area (TPSA) is 63.6 Å². The maximum Gasteiger partial charge on any atom is 0.155 e. The predicted molar refractivity (Wildman–Crippen MR) is 77.8 cm³/mol. The minimum Gasteiger partial charge on any atom is -0.508 e. The first-order valence-corrected chi connectivity index (χ1v) is 6.48. The lowest BCUT2D eigenvalue weighted by atomic mass is 10.1. The summed E-state index contributed by atoms with van der Waals surface area (Å²) in [6.45, 7) is 0. The fraction of sp³-hybridized carbons (Fsp3) is 0. The Morgan fingerprint density at radius 2 is 2.00 bits per heavy atom. The minimum absolute atomic E-state index is 0.225. The highest BCUT2D eigenvalue weighted by Gasteiger charge is 2.09. The number of aromatic hydroxyl groups is 1. The van der Waals surface area contributed by atoms with Crippen molar-refractivity contribution in [3.05, 3.63) is 61.3 Å². The zero-order chi connectivity index (χ0) is 14.2. The minimum atomic E-state index is 0.225. The normalized spacial score (nSPS) is 11.0. The number of phenolic OH excluding ortho intramolecular Hbond substituents is 1. The van der Waals surface area contributed by atoms with Crippen LogP contribution in [-0.2, 0) is 0 Å². The van der Waals surface area contributed by atoms with E-state index >= 15 is 0 Å². The highest BCUT2D eigenvalue weighted by atomic mass is 16.3. The van der Waals surface area contributed by atoms with E-state index in [2.05, 4.69) is 9.97 Å². The number of hydrogen-bond donors (Lipinski definition) is 1.